The Hall–Kier alpha value is -2.26. The lowest BCUT2D eigenvalue weighted by Gasteiger charge is -2.45. The summed E-state index contributed by atoms with van der Waals surface area (Å²) in [6.45, 7) is 6.45. The number of halogens is 1. The van der Waals surface area contributed by atoms with Gasteiger partial charge in [0.15, 0.2) is 0 Å². The fourth-order valence-corrected chi connectivity index (χ4v) is 6.74. The molecular formula is C27H37FN6O. The Kier molecular flexibility index (Phi) is 6.16. The first-order valence-electron chi connectivity index (χ1n) is 13.2. The number of aromatic amines is 1. The van der Waals surface area contributed by atoms with Crippen LogP contribution < -0.4 is 10.9 Å². The summed E-state index contributed by atoms with van der Waals surface area (Å²) in [6, 6.07) is 5.75. The van der Waals surface area contributed by atoms with Crippen molar-refractivity contribution in [1.29, 1.82) is 0 Å². The van der Waals surface area contributed by atoms with Crippen LogP contribution in [0.5, 0.6) is 5.75 Å². The second-order valence-electron chi connectivity index (χ2n) is 10.9. The van der Waals surface area contributed by atoms with Crippen molar-refractivity contribution >= 4 is 5.57 Å². The summed E-state index contributed by atoms with van der Waals surface area (Å²) >= 11 is 0. The Labute approximate surface area is 206 Å². The molecule has 4 aliphatic rings. The minimum Gasteiger partial charge on any atom is -0.508 e. The van der Waals surface area contributed by atoms with Crippen LogP contribution in [0.4, 0.5) is 4.39 Å². The Morgan fingerprint density at radius 1 is 1.20 bits per heavy atom. The maximum absolute atomic E-state index is 15.9. The molecule has 0 radical (unpaired) electrons. The average Bonchev–Trinajstić information content (AvgIpc) is 3.50. The average molecular weight is 481 g/mol. The highest BCUT2D eigenvalue weighted by Crippen LogP contribution is 2.45. The molecule has 4 N–H and O–H groups in total. The zero-order valence-electron chi connectivity index (χ0n) is 20.7. The van der Waals surface area contributed by atoms with Crippen LogP contribution in [0.2, 0.25) is 0 Å². The number of likely N-dealkylation sites (N-methyl/N-ethyl adjacent to an activating group) is 1. The van der Waals surface area contributed by atoms with Gasteiger partial charge in [-0.05, 0) is 61.6 Å². The van der Waals surface area contributed by atoms with E-state index in [4.69, 9.17) is 4.98 Å². The lowest BCUT2D eigenvalue weighted by atomic mass is 9.71. The van der Waals surface area contributed by atoms with Gasteiger partial charge in [-0.15, -0.1) is 0 Å². The molecule has 0 spiro atoms. The second kappa shape index (κ2) is 9.32. The van der Waals surface area contributed by atoms with E-state index in [0.717, 1.165) is 74.5 Å². The molecule has 1 aromatic heterocycles. The number of rotatable bonds is 5. The van der Waals surface area contributed by atoms with Gasteiger partial charge in [-0.2, -0.15) is 0 Å². The summed E-state index contributed by atoms with van der Waals surface area (Å²) in [5.41, 5.74) is 11.1. The standard InChI is InChI=1S/C27H37FN6O/c1-3-16-11-19(35)6-7-20(16)21-8-9-22-25(24(21)28)31-32-26(22)27-29-12-23(30-27)17-5-4-10-34(13-17)18-14-33(2)15-18/h5-7,11-12,18,21-22,24-26,31-32,35H,3-4,8-10,13-15H2,1-2H3,(H,29,30). The van der Waals surface area contributed by atoms with E-state index in [1.807, 2.05) is 12.3 Å². The van der Waals surface area contributed by atoms with E-state index >= 15 is 4.39 Å². The summed E-state index contributed by atoms with van der Waals surface area (Å²) < 4.78 is 15.9. The molecule has 2 aromatic rings. The SMILES string of the molecule is CCc1cc(O)ccc1C1CCC2C(c3ncc(C4=CCCN(C5CN(C)C5)C4)[nH]3)NNC2C1F. The number of aryl methyl sites for hydroxylation is 1. The number of phenolic OH excluding ortho intramolecular Hbond substituents is 1. The lowest BCUT2D eigenvalue weighted by Crippen LogP contribution is -2.58. The number of likely N-dealkylation sites (tertiary alicyclic amines) is 1. The van der Waals surface area contributed by atoms with E-state index in [9.17, 15) is 5.11 Å². The van der Waals surface area contributed by atoms with E-state index in [1.165, 1.54) is 5.57 Å². The van der Waals surface area contributed by atoms with Crippen LogP contribution in [-0.2, 0) is 6.42 Å². The largest absolute Gasteiger partial charge is 0.508 e. The molecular weight excluding hydrogens is 443 g/mol. The molecule has 7 nitrogen and oxygen atoms in total. The van der Waals surface area contributed by atoms with Gasteiger partial charge < -0.3 is 15.0 Å². The van der Waals surface area contributed by atoms with Gasteiger partial charge in [0.05, 0.1) is 24.0 Å². The molecule has 0 amide bonds. The fraction of sp³-hybridized carbons (Fsp3) is 0.593. The molecule has 1 aliphatic carbocycles. The van der Waals surface area contributed by atoms with Gasteiger partial charge in [0.25, 0.3) is 0 Å². The van der Waals surface area contributed by atoms with Crippen LogP contribution in [0.25, 0.3) is 5.57 Å². The molecule has 1 aromatic carbocycles. The molecule has 188 valence electrons. The smallest absolute Gasteiger partial charge is 0.125 e. The number of hydrazine groups is 1. The van der Waals surface area contributed by atoms with E-state index in [-0.39, 0.29) is 29.7 Å². The first-order valence-corrected chi connectivity index (χ1v) is 13.2. The van der Waals surface area contributed by atoms with Crippen LogP contribution in [0.3, 0.4) is 0 Å². The Morgan fingerprint density at radius 2 is 2.06 bits per heavy atom. The first-order chi connectivity index (χ1) is 17.0. The van der Waals surface area contributed by atoms with Gasteiger partial charge in [0.2, 0.25) is 0 Å². The highest BCUT2D eigenvalue weighted by Gasteiger charge is 2.48. The third-order valence-electron chi connectivity index (χ3n) is 8.72. The van der Waals surface area contributed by atoms with E-state index in [1.54, 1.807) is 12.1 Å². The number of H-pyrrole nitrogens is 1. The van der Waals surface area contributed by atoms with Gasteiger partial charge in [-0.1, -0.05) is 19.1 Å². The number of hydrogen-bond acceptors (Lipinski definition) is 6. The second-order valence-corrected chi connectivity index (χ2v) is 10.9. The Morgan fingerprint density at radius 3 is 2.86 bits per heavy atom. The Bertz CT molecular complexity index is 1100. The maximum atomic E-state index is 15.9. The van der Waals surface area contributed by atoms with E-state index in [0.29, 0.717) is 6.04 Å². The van der Waals surface area contributed by atoms with E-state index in [2.05, 4.69) is 45.7 Å². The molecule has 5 unspecified atom stereocenters. The number of nitrogens with zero attached hydrogens (tertiary/aromatic N) is 3. The Balaban J connectivity index is 1.15. The highest BCUT2D eigenvalue weighted by molar-refractivity contribution is 5.64. The van der Waals surface area contributed by atoms with Crippen LogP contribution >= 0.6 is 0 Å². The number of phenols is 1. The summed E-state index contributed by atoms with van der Waals surface area (Å²) in [5.74, 6) is 1.13. The van der Waals surface area contributed by atoms with Gasteiger partial charge >= 0.3 is 0 Å². The summed E-state index contributed by atoms with van der Waals surface area (Å²) in [7, 11) is 2.18. The van der Waals surface area contributed by atoms with Crippen molar-refractivity contribution in [1.82, 2.24) is 30.6 Å². The van der Waals surface area contributed by atoms with Crippen molar-refractivity contribution in [3.8, 4) is 5.75 Å². The molecule has 3 fully saturated rings. The van der Waals surface area contributed by atoms with Crippen LogP contribution in [0.1, 0.15) is 60.8 Å². The minimum absolute atomic E-state index is 0.0287. The van der Waals surface area contributed by atoms with E-state index < -0.39 is 6.17 Å². The number of imidazole rings is 1. The van der Waals surface area contributed by atoms with Gasteiger partial charge in [-0.25, -0.2) is 14.8 Å². The summed E-state index contributed by atoms with van der Waals surface area (Å²) in [5, 5.41) is 9.87. The number of fused-ring (bicyclic) bond motifs is 1. The molecule has 4 heterocycles. The van der Waals surface area contributed by atoms with Crippen molar-refractivity contribution in [3.63, 3.8) is 0 Å². The zero-order valence-corrected chi connectivity index (χ0v) is 20.7. The van der Waals surface area contributed by atoms with Crippen LogP contribution in [0.15, 0.2) is 30.5 Å². The number of alkyl halides is 1. The molecule has 0 bridgehead atoms. The van der Waals surface area contributed by atoms with Gasteiger partial charge in [-0.3, -0.25) is 10.3 Å². The predicted octanol–water partition coefficient (Wildman–Crippen LogP) is 3.13. The predicted molar refractivity (Wildman–Crippen MR) is 135 cm³/mol. The van der Waals surface area contributed by atoms with Crippen LogP contribution in [0, 0.1) is 5.92 Å². The van der Waals surface area contributed by atoms with Crippen molar-refractivity contribution in [2.45, 2.75) is 62.8 Å². The monoisotopic (exact) mass is 480 g/mol. The van der Waals surface area contributed by atoms with Crippen molar-refractivity contribution in [3.05, 3.63) is 53.1 Å². The van der Waals surface area contributed by atoms with Crippen LogP contribution in [-0.4, -0.2) is 76.4 Å². The number of aromatic nitrogens is 2. The minimum atomic E-state index is -0.995. The van der Waals surface area contributed by atoms with Gasteiger partial charge in [0.1, 0.15) is 17.7 Å². The molecule has 3 aliphatic heterocycles. The third-order valence-corrected chi connectivity index (χ3v) is 8.72. The molecule has 5 atom stereocenters. The molecule has 6 rings (SSSR count). The van der Waals surface area contributed by atoms with Crippen molar-refractivity contribution < 1.29 is 9.50 Å². The summed E-state index contributed by atoms with van der Waals surface area (Å²) in [6.07, 6.45) is 6.87. The number of nitrogens with one attached hydrogen (secondary N) is 3. The molecule has 2 saturated heterocycles. The number of hydrogen-bond donors (Lipinski definition) is 4. The zero-order chi connectivity index (χ0) is 24.1. The topological polar surface area (TPSA) is 79.5 Å². The normalized spacial score (nSPS) is 32.3. The first kappa shape index (κ1) is 23.2. The molecule has 35 heavy (non-hydrogen) atoms. The third kappa shape index (κ3) is 4.20. The van der Waals surface area contributed by atoms with Crippen molar-refractivity contribution in [2.75, 3.05) is 33.2 Å². The lowest BCUT2D eigenvalue weighted by molar-refractivity contribution is 0.0608. The van der Waals surface area contributed by atoms with Crippen molar-refractivity contribution in [2.24, 2.45) is 5.92 Å². The highest BCUT2D eigenvalue weighted by atomic mass is 19.1. The number of aromatic hydroxyl groups is 1. The number of benzene rings is 1. The quantitative estimate of drug-likeness (QED) is 0.527. The summed E-state index contributed by atoms with van der Waals surface area (Å²) in [4.78, 5) is 13.3. The fourth-order valence-electron chi connectivity index (χ4n) is 6.74. The van der Waals surface area contributed by atoms with Gasteiger partial charge in [0, 0.05) is 44.1 Å². The molecule has 8 heteroatoms. The maximum Gasteiger partial charge on any atom is 0.125 e. The molecule has 1 saturated carbocycles.